The summed E-state index contributed by atoms with van der Waals surface area (Å²) in [6.45, 7) is 3.74. The molecule has 2 nitrogen and oxygen atoms in total. The first-order valence-electron chi connectivity index (χ1n) is 8.48. The number of unbranched alkanes of at least 4 members (excludes halogenated alkanes) is 1. The highest BCUT2D eigenvalue weighted by molar-refractivity contribution is 5.85. The summed E-state index contributed by atoms with van der Waals surface area (Å²) in [5.41, 5.74) is -3.84. The van der Waals surface area contributed by atoms with Gasteiger partial charge in [0.05, 0.1) is 11.1 Å². The molecule has 1 atom stereocenters. The molecule has 1 saturated heterocycles. The quantitative estimate of drug-likeness (QED) is 0.637. The maximum atomic E-state index is 14.6. The van der Waals surface area contributed by atoms with Gasteiger partial charge in [-0.15, -0.1) is 12.4 Å². The normalized spacial score (nSPS) is 17.5. The topological polar surface area (TPSA) is 15.3 Å². The Balaban J connectivity index is 0.00000364. The number of piperazine rings is 1. The molecule has 0 radical (unpaired) electrons. The fraction of sp³-hybridized carbons (Fsp3) is 0.647. The summed E-state index contributed by atoms with van der Waals surface area (Å²) in [5, 5.41) is 3.06. The van der Waals surface area contributed by atoms with Crippen molar-refractivity contribution in [2.24, 2.45) is 0 Å². The summed E-state index contributed by atoms with van der Waals surface area (Å²) in [5.74, 6) is -1.45. The molecule has 0 saturated carbocycles. The smallest absolute Gasteiger partial charge is 0.314 e. The van der Waals surface area contributed by atoms with Gasteiger partial charge in [0.2, 0.25) is 0 Å². The maximum Gasteiger partial charge on any atom is 0.416 e. The number of alkyl halides is 6. The molecule has 1 heterocycles. The zero-order chi connectivity index (χ0) is 19.5. The number of nitrogens with zero attached hydrogens (tertiary/aromatic N) is 1. The van der Waals surface area contributed by atoms with Crippen LogP contribution in [0.2, 0.25) is 0 Å². The third-order valence-electron chi connectivity index (χ3n) is 4.52. The van der Waals surface area contributed by atoms with Crippen molar-refractivity contribution >= 4 is 12.4 Å². The molecule has 27 heavy (non-hydrogen) atoms. The summed E-state index contributed by atoms with van der Waals surface area (Å²) in [7, 11) is 0. The van der Waals surface area contributed by atoms with Gasteiger partial charge in [0.15, 0.2) is 0 Å². The molecule has 1 aromatic rings. The van der Waals surface area contributed by atoms with Crippen molar-refractivity contribution in [1.29, 1.82) is 0 Å². The lowest BCUT2D eigenvalue weighted by Gasteiger charge is -2.36. The van der Waals surface area contributed by atoms with Crippen molar-refractivity contribution in [3.63, 3.8) is 0 Å². The van der Waals surface area contributed by atoms with E-state index in [1.807, 2.05) is 6.92 Å². The van der Waals surface area contributed by atoms with Gasteiger partial charge in [-0.3, -0.25) is 4.90 Å². The van der Waals surface area contributed by atoms with E-state index < -0.39 is 40.9 Å². The van der Waals surface area contributed by atoms with E-state index in [9.17, 15) is 30.7 Å². The van der Waals surface area contributed by atoms with Gasteiger partial charge in [-0.25, -0.2) is 4.39 Å². The second kappa shape index (κ2) is 9.43. The maximum absolute atomic E-state index is 14.6. The predicted octanol–water partition coefficient (Wildman–Crippen LogP) is 5.42. The molecule has 0 amide bonds. The monoisotopic (exact) mass is 422 g/mol. The average molecular weight is 423 g/mol. The highest BCUT2D eigenvalue weighted by Crippen LogP contribution is 2.43. The van der Waals surface area contributed by atoms with Gasteiger partial charge in [-0.1, -0.05) is 19.8 Å². The van der Waals surface area contributed by atoms with Crippen molar-refractivity contribution < 1.29 is 30.7 Å². The number of hydrogen-bond donors (Lipinski definition) is 1. The lowest BCUT2D eigenvalue weighted by Crippen LogP contribution is -2.45. The highest BCUT2D eigenvalue weighted by atomic mass is 35.5. The Morgan fingerprint density at radius 2 is 1.63 bits per heavy atom. The molecule has 1 aliphatic rings. The van der Waals surface area contributed by atoms with Gasteiger partial charge >= 0.3 is 12.4 Å². The van der Waals surface area contributed by atoms with E-state index in [2.05, 4.69) is 5.32 Å². The second-order valence-electron chi connectivity index (χ2n) is 6.36. The summed E-state index contributed by atoms with van der Waals surface area (Å²) >= 11 is 0. The largest absolute Gasteiger partial charge is 0.416 e. The van der Waals surface area contributed by atoms with E-state index in [4.69, 9.17) is 0 Å². The van der Waals surface area contributed by atoms with E-state index in [0.29, 0.717) is 39.0 Å². The molecule has 1 aromatic carbocycles. The Morgan fingerprint density at radius 3 is 2.11 bits per heavy atom. The molecular weight excluding hydrogens is 401 g/mol. The average Bonchev–Trinajstić information content (AvgIpc) is 2.55. The first kappa shape index (κ1) is 24.0. The molecule has 1 N–H and O–H groups in total. The highest BCUT2D eigenvalue weighted by Gasteiger charge is 2.42. The summed E-state index contributed by atoms with van der Waals surface area (Å²) in [6, 6.07) is -0.707. The zero-order valence-electron chi connectivity index (χ0n) is 14.7. The minimum atomic E-state index is -5.07. The number of hydrogen-bond acceptors (Lipinski definition) is 2. The molecule has 156 valence electrons. The van der Waals surface area contributed by atoms with Crippen LogP contribution in [0, 0.1) is 5.82 Å². The number of rotatable bonds is 5. The fourth-order valence-corrected chi connectivity index (χ4v) is 3.26. The fourth-order valence-electron chi connectivity index (χ4n) is 3.26. The van der Waals surface area contributed by atoms with Crippen molar-refractivity contribution in [2.75, 3.05) is 26.2 Å². The molecule has 10 heteroatoms. The standard InChI is InChI=1S/C17H21F7N2.ClH/c1-2-3-4-14(26-7-5-25-6-8-26)15-12(17(22,23)24)9-11(10-13(15)18)16(19,20)21;/h9-10,14,25H,2-8H2,1H3;1H/t14-;/m1./s1. The number of nitrogens with one attached hydrogen (secondary N) is 1. The molecule has 2 rings (SSSR count). The van der Waals surface area contributed by atoms with Gasteiger partial charge < -0.3 is 5.32 Å². The van der Waals surface area contributed by atoms with Crippen molar-refractivity contribution in [3.05, 3.63) is 34.6 Å². The van der Waals surface area contributed by atoms with Crippen LogP contribution in [-0.4, -0.2) is 31.1 Å². The van der Waals surface area contributed by atoms with Crippen LogP contribution in [0.25, 0.3) is 0 Å². The van der Waals surface area contributed by atoms with E-state index in [0.717, 1.165) is 0 Å². The molecular formula is C17H22ClF7N2. The van der Waals surface area contributed by atoms with E-state index >= 15 is 0 Å². The lowest BCUT2D eigenvalue weighted by molar-refractivity contribution is -0.144. The van der Waals surface area contributed by atoms with Crippen molar-refractivity contribution in [2.45, 2.75) is 44.6 Å². The van der Waals surface area contributed by atoms with Crippen LogP contribution in [0.5, 0.6) is 0 Å². The lowest BCUT2D eigenvalue weighted by atomic mass is 9.91. The SMILES string of the molecule is CCCC[C@H](c1c(F)cc(C(F)(F)F)cc1C(F)(F)F)N1CCNCC1.Cl. The van der Waals surface area contributed by atoms with Gasteiger partial charge in [0.25, 0.3) is 0 Å². The number of halogens is 8. The minimum absolute atomic E-state index is 0. The van der Waals surface area contributed by atoms with Crippen LogP contribution in [0.1, 0.15) is 48.9 Å². The molecule has 0 aromatic heterocycles. The Kier molecular flexibility index (Phi) is 8.37. The van der Waals surface area contributed by atoms with Crippen molar-refractivity contribution in [3.8, 4) is 0 Å². The van der Waals surface area contributed by atoms with Crippen LogP contribution in [0.4, 0.5) is 30.7 Å². The van der Waals surface area contributed by atoms with Crippen LogP contribution in [0.15, 0.2) is 12.1 Å². The summed E-state index contributed by atoms with van der Waals surface area (Å²) < 4.78 is 93.6. The predicted molar refractivity (Wildman–Crippen MR) is 90.4 cm³/mol. The zero-order valence-corrected chi connectivity index (χ0v) is 15.5. The molecule has 1 aliphatic heterocycles. The van der Waals surface area contributed by atoms with Gasteiger partial charge in [0.1, 0.15) is 5.82 Å². The van der Waals surface area contributed by atoms with Crippen LogP contribution in [-0.2, 0) is 12.4 Å². The van der Waals surface area contributed by atoms with Gasteiger partial charge in [0, 0.05) is 37.8 Å². The van der Waals surface area contributed by atoms with E-state index in [1.165, 1.54) is 0 Å². The van der Waals surface area contributed by atoms with Crippen LogP contribution < -0.4 is 5.32 Å². The third-order valence-corrected chi connectivity index (χ3v) is 4.52. The van der Waals surface area contributed by atoms with Crippen LogP contribution >= 0.6 is 12.4 Å². The Bertz CT molecular complexity index is 611. The van der Waals surface area contributed by atoms with Crippen LogP contribution in [0.3, 0.4) is 0 Å². The second-order valence-corrected chi connectivity index (χ2v) is 6.36. The first-order valence-corrected chi connectivity index (χ1v) is 8.48. The van der Waals surface area contributed by atoms with Crippen molar-refractivity contribution in [1.82, 2.24) is 10.2 Å². The Hall–Kier alpha value is -1.06. The Morgan fingerprint density at radius 1 is 1.04 bits per heavy atom. The Labute approximate surface area is 159 Å². The molecule has 0 aliphatic carbocycles. The summed E-state index contributed by atoms with van der Waals surface area (Å²) in [6.07, 6.45) is -8.64. The van der Waals surface area contributed by atoms with E-state index in [1.54, 1.807) is 4.90 Å². The van der Waals surface area contributed by atoms with E-state index in [-0.39, 0.29) is 31.0 Å². The number of benzene rings is 1. The molecule has 1 fully saturated rings. The molecule has 0 unspecified atom stereocenters. The molecule has 0 spiro atoms. The third kappa shape index (κ3) is 5.96. The van der Waals surface area contributed by atoms with Gasteiger partial charge in [-0.2, -0.15) is 26.3 Å². The summed E-state index contributed by atoms with van der Waals surface area (Å²) in [4.78, 5) is 1.72. The van der Waals surface area contributed by atoms with Gasteiger partial charge in [-0.05, 0) is 18.6 Å². The molecule has 0 bridgehead atoms. The minimum Gasteiger partial charge on any atom is -0.314 e. The first-order chi connectivity index (χ1) is 12.1.